The fourth-order valence-electron chi connectivity index (χ4n) is 3.38. The lowest BCUT2D eigenvalue weighted by Crippen LogP contribution is -2.31. The van der Waals surface area contributed by atoms with Crippen LogP contribution in [0.3, 0.4) is 0 Å². The molecule has 2 aliphatic rings. The third kappa shape index (κ3) is 3.57. The zero-order chi connectivity index (χ0) is 21.8. The molecule has 0 radical (unpaired) electrons. The highest BCUT2D eigenvalue weighted by Gasteiger charge is 2.28. The molecule has 1 aliphatic carbocycles. The van der Waals surface area contributed by atoms with E-state index >= 15 is 0 Å². The number of aryl methyl sites for hydroxylation is 1. The van der Waals surface area contributed by atoms with Crippen LogP contribution in [0.1, 0.15) is 61.8 Å². The summed E-state index contributed by atoms with van der Waals surface area (Å²) in [5.74, 6) is 0.260. The summed E-state index contributed by atoms with van der Waals surface area (Å²) in [5.41, 5.74) is 0.951. The Morgan fingerprint density at radius 1 is 0.862 bits per heavy atom. The first-order valence-corrected chi connectivity index (χ1v) is 11.1. The van der Waals surface area contributed by atoms with Crippen molar-refractivity contribution in [3.8, 4) is 17.3 Å². The van der Waals surface area contributed by atoms with Crippen molar-refractivity contribution in [2.75, 3.05) is 6.26 Å². The molecule has 0 bridgehead atoms. The summed E-state index contributed by atoms with van der Waals surface area (Å²) in [7, 11) is -3.76. The number of benzene rings is 2. The van der Waals surface area contributed by atoms with Gasteiger partial charge in [0.2, 0.25) is 10.9 Å². The normalized spacial score (nSPS) is 12.4. The zero-order valence-electron chi connectivity index (χ0n) is 17.5. The lowest BCUT2D eigenvalue weighted by molar-refractivity contribution is 0.482. The Balaban J connectivity index is 2.58. The van der Waals surface area contributed by atoms with Crippen molar-refractivity contribution >= 4 is 21.3 Å². The van der Waals surface area contributed by atoms with E-state index in [0.29, 0.717) is 16.7 Å². The van der Waals surface area contributed by atoms with E-state index in [-0.39, 0.29) is 45.8 Å². The summed E-state index contributed by atoms with van der Waals surface area (Å²) in [6.07, 6.45) is 0.964. The van der Waals surface area contributed by atoms with Crippen LogP contribution in [0.2, 0.25) is 0 Å². The summed E-state index contributed by atoms with van der Waals surface area (Å²) in [5, 5.41) is 0. The van der Waals surface area contributed by atoms with Crippen LogP contribution >= 0.6 is 0 Å². The monoisotopic (exact) mass is 420 g/mol. The molecule has 0 saturated heterocycles. The highest BCUT2D eigenvalue weighted by atomic mass is 32.2. The molecule has 0 atom stereocenters. The fraction of sp³-hybridized carbons (Fsp3) is 0.429. The Morgan fingerprint density at radius 2 is 1.45 bits per heavy atom. The molecule has 0 spiro atoms. The Morgan fingerprint density at radius 3 is 1.97 bits per heavy atom. The van der Waals surface area contributed by atoms with Crippen LogP contribution in [-0.2, 0) is 10.1 Å². The van der Waals surface area contributed by atoms with Gasteiger partial charge in [-0.05, 0) is 31.7 Å². The van der Waals surface area contributed by atoms with Crippen molar-refractivity contribution in [3.05, 3.63) is 48.8 Å². The molecule has 0 unspecified atom stereocenters. The predicted octanol–water partition coefficient (Wildman–Crippen LogP) is 4.05. The van der Waals surface area contributed by atoms with E-state index in [1.54, 1.807) is 13.0 Å². The average molecular weight is 420 g/mol. The van der Waals surface area contributed by atoms with Gasteiger partial charge >= 0.3 is 10.1 Å². The van der Waals surface area contributed by atoms with Gasteiger partial charge < -0.3 is 13.0 Å². The number of rotatable bonds is 4. The maximum Gasteiger partial charge on any atom is 0.306 e. The van der Waals surface area contributed by atoms with Gasteiger partial charge in [-0.3, -0.25) is 9.59 Å². The molecular weight excluding hydrogens is 396 g/mol. The quantitative estimate of drug-likeness (QED) is 0.356. The third-order valence-corrected chi connectivity index (χ3v) is 5.38. The first-order chi connectivity index (χ1) is 13.3. The highest BCUT2D eigenvalue weighted by Crippen LogP contribution is 2.40. The molecule has 156 valence electrons. The van der Waals surface area contributed by atoms with Crippen molar-refractivity contribution in [2.24, 2.45) is 0 Å². The maximum absolute atomic E-state index is 12.6. The van der Waals surface area contributed by atoms with Crippen LogP contribution in [0, 0.1) is 13.8 Å². The first kappa shape index (κ1) is 21.1. The zero-order valence-corrected chi connectivity index (χ0v) is 18.3. The number of hydrogen-bond acceptors (Lipinski definition) is 7. The molecule has 8 heteroatoms. The second-order valence-electron chi connectivity index (χ2n) is 7.90. The summed E-state index contributed by atoms with van der Waals surface area (Å²) < 4.78 is 40.8. The van der Waals surface area contributed by atoms with E-state index in [0.717, 1.165) is 6.26 Å². The van der Waals surface area contributed by atoms with Crippen molar-refractivity contribution in [2.45, 2.75) is 53.4 Å². The van der Waals surface area contributed by atoms with E-state index in [1.165, 1.54) is 6.92 Å². The third-order valence-electron chi connectivity index (χ3n) is 4.90. The predicted molar refractivity (Wildman–Crippen MR) is 111 cm³/mol. The van der Waals surface area contributed by atoms with Crippen LogP contribution < -0.4 is 15.0 Å². The molecule has 1 aliphatic heterocycles. The summed E-state index contributed by atoms with van der Waals surface area (Å²) in [6.45, 7) is 10.6. The average Bonchev–Trinajstić information content (AvgIpc) is 2.60. The topological polar surface area (TPSA) is 104 Å². The van der Waals surface area contributed by atoms with Crippen LogP contribution in [0.4, 0.5) is 0 Å². The van der Waals surface area contributed by atoms with Crippen molar-refractivity contribution in [1.82, 2.24) is 0 Å². The molecule has 29 heavy (non-hydrogen) atoms. The molecule has 0 aromatic heterocycles. The summed E-state index contributed by atoms with van der Waals surface area (Å²) in [4.78, 5) is 25.0. The standard InChI is InChI=1S/C21H24O7S/c1-9(2)13-8-14(28-29(7,24)25)11(5)18-20(13)27-21-15(10(3)4)17(23)16(22)12(6)19(21)26-18/h8-10H,1-7H3. The molecule has 0 N–H and O–H groups in total. The van der Waals surface area contributed by atoms with Crippen LogP contribution in [-0.4, -0.2) is 14.7 Å². The minimum Gasteiger partial charge on any atom is -0.449 e. The van der Waals surface area contributed by atoms with Gasteiger partial charge in [0, 0.05) is 16.7 Å². The smallest absolute Gasteiger partial charge is 0.306 e. The molecule has 3 rings (SSSR count). The Bertz CT molecular complexity index is 1310. The van der Waals surface area contributed by atoms with Gasteiger partial charge in [0.25, 0.3) is 0 Å². The van der Waals surface area contributed by atoms with Crippen LogP contribution in [0.25, 0.3) is 22.7 Å². The SMILES string of the molecule is Cc1c2oc3c(C)c(OS(C)(=O)=O)cc(C(C)C)c3oc-2c(C(C)C)c(=O)c1=O. The van der Waals surface area contributed by atoms with Crippen molar-refractivity contribution in [1.29, 1.82) is 0 Å². The molecule has 7 nitrogen and oxygen atoms in total. The molecule has 0 saturated carbocycles. The summed E-state index contributed by atoms with van der Waals surface area (Å²) >= 11 is 0. The van der Waals surface area contributed by atoms with Gasteiger partial charge in [-0.15, -0.1) is 0 Å². The molecule has 1 aromatic carbocycles. The molecule has 1 heterocycles. The van der Waals surface area contributed by atoms with Gasteiger partial charge in [-0.25, -0.2) is 0 Å². The minimum atomic E-state index is -3.76. The lowest BCUT2D eigenvalue weighted by Gasteiger charge is -2.19. The van der Waals surface area contributed by atoms with Gasteiger partial charge in [0.1, 0.15) is 5.75 Å². The number of hydrogen-bond donors (Lipinski definition) is 0. The van der Waals surface area contributed by atoms with E-state index in [4.69, 9.17) is 13.0 Å². The minimum absolute atomic E-state index is 0.0505. The number of fused-ring (bicyclic) bond motifs is 2. The van der Waals surface area contributed by atoms with E-state index in [2.05, 4.69) is 0 Å². The lowest BCUT2D eigenvalue weighted by atomic mass is 9.95. The van der Waals surface area contributed by atoms with E-state index in [1.807, 2.05) is 27.7 Å². The van der Waals surface area contributed by atoms with E-state index < -0.39 is 21.0 Å². The van der Waals surface area contributed by atoms with Gasteiger partial charge in [-0.1, -0.05) is 27.7 Å². The Labute approximate surface area is 168 Å². The Hall–Kier alpha value is -2.61. The largest absolute Gasteiger partial charge is 0.449 e. The fourth-order valence-corrected chi connectivity index (χ4v) is 3.88. The maximum atomic E-state index is 12.6. The van der Waals surface area contributed by atoms with Gasteiger partial charge in [-0.2, -0.15) is 8.42 Å². The second kappa shape index (κ2) is 7.02. The van der Waals surface area contributed by atoms with Crippen molar-refractivity contribution < 1.29 is 21.4 Å². The van der Waals surface area contributed by atoms with Gasteiger partial charge in [0.05, 0.1) is 11.8 Å². The van der Waals surface area contributed by atoms with Crippen LogP contribution in [0.15, 0.2) is 24.5 Å². The molecule has 1 aromatic rings. The first-order valence-electron chi connectivity index (χ1n) is 9.30. The molecular formula is C21H24O7S. The Kier molecular flexibility index (Phi) is 5.11. The van der Waals surface area contributed by atoms with E-state index in [9.17, 15) is 18.0 Å². The second-order valence-corrected chi connectivity index (χ2v) is 9.48. The molecule has 0 fully saturated rings. The van der Waals surface area contributed by atoms with Crippen LogP contribution in [0.5, 0.6) is 5.75 Å². The summed E-state index contributed by atoms with van der Waals surface area (Å²) in [6, 6.07) is 1.61. The molecule has 0 amide bonds. The highest BCUT2D eigenvalue weighted by molar-refractivity contribution is 7.86. The van der Waals surface area contributed by atoms with Gasteiger partial charge in [0.15, 0.2) is 22.7 Å². The van der Waals surface area contributed by atoms with Crippen molar-refractivity contribution in [3.63, 3.8) is 0 Å².